The summed E-state index contributed by atoms with van der Waals surface area (Å²) in [7, 11) is 0. The Hall–Kier alpha value is -1.77. The van der Waals surface area contributed by atoms with Gasteiger partial charge < -0.3 is 10.0 Å². The van der Waals surface area contributed by atoms with E-state index in [0.717, 1.165) is 5.56 Å². The first-order valence-corrected chi connectivity index (χ1v) is 5.27. The van der Waals surface area contributed by atoms with Crippen molar-refractivity contribution >= 4 is 5.91 Å². The second kappa shape index (κ2) is 5.35. The number of phenolic OH excluding ortho intramolecular Hbond substituents is 1. The number of carbonyl (C=O) groups is 1. The van der Waals surface area contributed by atoms with E-state index in [1.807, 2.05) is 26.0 Å². The standard InChI is InChI=1S/C13H17NO2/c1-4-8-14(11(3)15)10(2)12-6-5-7-13(16)9-12/h4-10,16H,1-3H3/b8-4-. The van der Waals surface area contributed by atoms with Crippen molar-refractivity contribution in [1.82, 2.24) is 4.90 Å². The van der Waals surface area contributed by atoms with E-state index in [4.69, 9.17) is 0 Å². The molecule has 0 aliphatic carbocycles. The summed E-state index contributed by atoms with van der Waals surface area (Å²) in [6, 6.07) is 6.87. The molecule has 0 saturated heterocycles. The summed E-state index contributed by atoms with van der Waals surface area (Å²) in [5.41, 5.74) is 0.910. The number of carbonyl (C=O) groups excluding carboxylic acids is 1. The zero-order valence-electron chi connectivity index (χ0n) is 9.84. The van der Waals surface area contributed by atoms with Gasteiger partial charge in [0.1, 0.15) is 5.75 Å². The van der Waals surface area contributed by atoms with Gasteiger partial charge in [0, 0.05) is 13.1 Å². The van der Waals surface area contributed by atoms with Gasteiger partial charge in [0.2, 0.25) is 5.91 Å². The maximum absolute atomic E-state index is 11.4. The third kappa shape index (κ3) is 2.86. The highest BCUT2D eigenvalue weighted by atomic mass is 16.3. The number of aromatic hydroxyl groups is 1. The molecular formula is C13H17NO2. The van der Waals surface area contributed by atoms with E-state index in [-0.39, 0.29) is 17.7 Å². The molecule has 3 nitrogen and oxygen atoms in total. The van der Waals surface area contributed by atoms with Crippen molar-refractivity contribution in [2.75, 3.05) is 0 Å². The van der Waals surface area contributed by atoms with E-state index in [9.17, 15) is 9.90 Å². The van der Waals surface area contributed by atoms with E-state index in [0.29, 0.717) is 0 Å². The molecule has 0 bridgehead atoms. The van der Waals surface area contributed by atoms with Crippen molar-refractivity contribution in [3.05, 3.63) is 42.1 Å². The molecule has 1 unspecified atom stereocenters. The van der Waals surface area contributed by atoms with Crippen LogP contribution in [-0.4, -0.2) is 15.9 Å². The number of hydrogen-bond acceptors (Lipinski definition) is 2. The van der Waals surface area contributed by atoms with Gasteiger partial charge in [-0.25, -0.2) is 0 Å². The Labute approximate surface area is 96.0 Å². The lowest BCUT2D eigenvalue weighted by molar-refractivity contribution is -0.128. The molecule has 0 aliphatic heterocycles. The quantitative estimate of drug-likeness (QED) is 0.849. The van der Waals surface area contributed by atoms with Gasteiger partial charge in [-0.1, -0.05) is 18.2 Å². The fourth-order valence-electron chi connectivity index (χ4n) is 1.61. The highest BCUT2D eigenvalue weighted by Gasteiger charge is 2.15. The first kappa shape index (κ1) is 12.3. The number of rotatable bonds is 3. The van der Waals surface area contributed by atoms with Crippen molar-refractivity contribution in [1.29, 1.82) is 0 Å². The summed E-state index contributed by atoms with van der Waals surface area (Å²) in [4.78, 5) is 13.1. The van der Waals surface area contributed by atoms with Gasteiger partial charge in [0.15, 0.2) is 0 Å². The predicted molar refractivity (Wildman–Crippen MR) is 63.9 cm³/mol. The van der Waals surface area contributed by atoms with Crippen LogP contribution in [0.25, 0.3) is 0 Å². The van der Waals surface area contributed by atoms with E-state index in [1.54, 1.807) is 29.3 Å². The zero-order valence-corrected chi connectivity index (χ0v) is 9.84. The van der Waals surface area contributed by atoms with E-state index < -0.39 is 0 Å². The van der Waals surface area contributed by atoms with Crippen molar-refractivity contribution in [2.24, 2.45) is 0 Å². The lowest BCUT2D eigenvalue weighted by Gasteiger charge is -2.25. The van der Waals surface area contributed by atoms with Crippen LogP contribution >= 0.6 is 0 Å². The summed E-state index contributed by atoms with van der Waals surface area (Å²) >= 11 is 0. The monoisotopic (exact) mass is 219 g/mol. The minimum Gasteiger partial charge on any atom is -0.508 e. The molecule has 0 spiro atoms. The summed E-state index contributed by atoms with van der Waals surface area (Å²) in [5.74, 6) is 0.197. The van der Waals surface area contributed by atoms with E-state index in [2.05, 4.69) is 0 Å². The van der Waals surface area contributed by atoms with Crippen LogP contribution in [0, 0.1) is 0 Å². The van der Waals surface area contributed by atoms with Gasteiger partial charge in [0.25, 0.3) is 0 Å². The SMILES string of the molecule is C/C=C\N(C(C)=O)C(C)c1cccc(O)c1. The first-order valence-electron chi connectivity index (χ1n) is 5.27. The number of nitrogens with zero attached hydrogens (tertiary/aromatic N) is 1. The second-order valence-corrected chi connectivity index (χ2v) is 3.68. The Bertz CT molecular complexity index is 399. The molecule has 0 heterocycles. The summed E-state index contributed by atoms with van der Waals surface area (Å²) < 4.78 is 0. The molecule has 0 fully saturated rings. The Morgan fingerprint density at radius 3 is 2.69 bits per heavy atom. The fourth-order valence-corrected chi connectivity index (χ4v) is 1.61. The summed E-state index contributed by atoms with van der Waals surface area (Å²) in [6.07, 6.45) is 3.57. The number of phenols is 1. The Morgan fingerprint density at radius 2 is 2.19 bits per heavy atom. The van der Waals surface area contributed by atoms with E-state index in [1.165, 1.54) is 6.92 Å². The smallest absolute Gasteiger partial charge is 0.223 e. The van der Waals surface area contributed by atoms with Crippen LogP contribution in [0.3, 0.4) is 0 Å². The molecule has 0 aromatic heterocycles. The number of benzene rings is 1. The van der Waals surface area contributed by atoms with Crippen LogP contribution in [0.4, 0.5) is 0 Å². The lowest BCUT2D eigenvalue weighted by Crippen LogP contribution is -2.26. The van der Waals surface area contributed by atoms with Gasteiger partial charge in [-0.2, -0.15) is 0 Å². The molecule has 1 aromatic carbocycles. The average molecular weight is 219 g/mol. The zero-order chi connectivity index (χ0) is 12.1. The minimum atomic E-state index is -0.0826. The molecule has 86 valence electrons. The molecule has 3 heteroatoms. The fraction of sp³-hybridized carbons (Fsp3) is 0.308. The molecule has 0 aliphatic rings. The van der Waals surface area contributed by atoms with Gasteiger partial charge in [-0.15, -0.1) is 0 Å². The molecule has 1 N–H and O–H groups in total. The highest BCUT2D eigenvalue weighted by molar-refractivity contribution is 5.75. The Balaban J connectivity index is 2.98. The van der Waals surface area contributed by atoms with Crippen LogP contribution in [-0.2, 0) is 4.79 Å². The maximum Gasteiger partial charge on any atom is 0.223 e. The molecule has 1 atom stereocenters. The molecule has 1 aromatic rings. The van der Waals surface area contributed by atoms with Crippen LogP contribution in [0.5, 0.6) is 5.75 Å². The number of allylic oxidation sites excluding steroid dienone is 1. The predicted octanol–water partition coefficient (Wildman–Crippen LogP) is 2.84. The topological polar surface area (TPSA) is 40.5 Å². The largest absolute Gasteiger partial charge is 0.508 e. The molecule has 1 amide bonds. The molecule has 0 saturated carbocycles. The molecule has 16 heavy (non-hydrogen) atoms. The normalized spacial score (nSPS) is 12.7. The van der Waals surface area contributed by atoms with Gasteiger partial charge >= 0.3 is 0 Å². The second-order valence-electron chi connectivity index (χ2n) is 3.68. The van der Waals surface area contributed by atoms with Gasteiger partial charge in [-0.3, -0.25) is 4.79 Å². The molecular weight excluding hydrogens is 202 g/mol. The molecule has 1 rings (SSSR count). The number of hydrogen-bond donors (Lipinski definition) is 1. The van der Waals surface area contributed by atoms with E-state index >= 15 is 0 Å². The van der Waals surface area contributed by atoms with Gasteiger partial charge in [-0.05, 0) is 31.5 Å². The third-order valence-corrected chi connectivity index (χ3v) is 2.44. The van der Waals surface area contributed by atoms with Crippen LogP contribution in [0.2, 0.25) is 0 Å². The van der Waals surface area contributed by atoms with Crippen LogP contribution in [0.15, 0.2) is 36.5 Å². The maximum atomic E-state index is 11.4. The van der Waals surface area contributed by atoms with Crippen LogP contribution < -0.4 is 0 Å². The van der Waals surface area contributed by atoms with Crippen molar-refractivity contribution in [2.45, 2.75) is 26.8 Å². The van der Waals surface area contributed by atoms with Crippen molar-refractivity contribution in [3.63, 3.8) is 0 Å². The number of amides is 1. The summed E-state index contributed by atoms with van der Waals surface area (Å²) in [5, 5.41) is 9.39. The summed E-state index contributed by atoms with van der Waals surface area (Å²) in [6.45, 7) is 5.32. The van der Waals surface area contributed by atoms with Crippen molar-refractivity contribution in [3.8, 4) is 5.75 Å². The Morgan fingerprint density at radius 1 is 1.50 bits per heavy atom. The third-order valence-electron chi connectivity index (χ3n) is 2.44. The lowest BCUT2D eigenvalue weighted by atomic mass is 10.1. The van der Waals surface area contributed by atoms with Gasteiger partial charge in [0.05, 0.1) is 6.04 Å². The highest BCUT2D eigenvalue weighted by Crippen LogP contribution is 2.23. The average Bonchev–Trinajstić information content (AvgIpc) is 2.24. The minimum absolute atomic E-state index is 0.0195. The first-order chi connectivity index (χ1) is 7.56. The van der Waals surface area contributed by atoms with Crippen LogP contribution in [0.1, 0.15) is 32.4 Å². The Kier molecular flexibility index (Phi) is 4.11. The molecule has 0 radical (unpaired) electrons. The van der Waals surface area contributed by atoms with Crippen molar-refractivity contribution < 1.29 is 9.90 Å².